The van der Waals surface area contributed by atoms with Crippen LogP contribution in [0.3, 0.4) is 0 Å². The number of hydrogen-bond acceptors (Lipinski definition) is 6. The van der Waals surface area contributed by atoms with Gasteiger partial charge in [-0.1, -0.05) is 11.6 Å². The van der Waals surface area contributed by atoms with Crippen molar-refractivity contribution >= 4 is 29.2 Å². The van der Waals surface area contributed by atoms with Crippen molar-refractivity contribution in [3.8, 4) is 0 Å². The Kier molecular flexibility index (Phi) is 4.85. The maximum absolute atomic E-state index is 7.63. The second-order valence-electron chi connectivity index (χ2n) is 5.28. The first-order chi connectivity index (χ1) is 11.2. The molecule has 7 heteroatoms. The Hall–Kier alpha value is -2.02. The number of aromatic nitrogens is 2. The molecule has 0 bridgehead atoms. The van der Waals surface area contributed by atoms with Crippen molar-refractivity contribution in [2.45, 2.75) is 19.6 Å². The molecule has 1 saturated heterocycles. The van der Waals surface area contributed by atoms with Crippen molar-refractivity contribution < 1.29 is 9.47 Å². The van der Waals surface area contributed by atoms with E-state index in [1.165, 1.54) is 6.21 Å². The summed E-state index contributed by atoms with van der Waals surface area (Å²) in [6.07, 6.45) is 3.07. The van der Waals surface area contributed by atoms with E-state index in [1.807, 2.05) is 19.1 Å². The fourth-order valence-corrected chi connectivity index (χ4v) is 2.44. The normalized spacial score (nSPS) is 14.3. The predicted molar refractivity (Wildman–Crippen MR) is 88.8 cm³/mol. The number of aryl methyl sites for hydroxylation is 1. The molecule has 120 valence electrons. The molecule has 6 nitrogen and oxygen atoms in total. The van der Waals surface area contributed by atoms with Gasteiger partial charge in [-0.3, -0.25) is 4.98 Å². The molecule has 0 atom stereocenters. The van der Waals surface area contributed by atoms with Crippen LogP contribution < -0.4 is 5.32 Å². The fourth-order valence-electron chi connectivity index (χ4n) is 2.22. The number of halogens is 1. The topological polar surface area (TPSA) is 80.1 Å². The van der Waals surface area contributed by atoms with Crippen LogP contribution >= 0.6 is 11.6 Å². The fraction of sp³-hybridized carbons (Fsp3) is 0.312. The standard InChI is InChI=1S/C16H17ClN4O2/c1-10-4-12(2-3-19-10)20-16-11(6-18)5-15(17)21-14(16)9-23-13-7-22-8-13/h2-6,13,18H,7-9H2,1H3,(H,19,20). The van der Waals surface area contributed by atoms with E-state index < -0.39 is 0 Å². The Morgan fingerprint density at radius 2 is 2.30 bits per heavy atom. The van der Waals surface area contributed by atoms with Gasteiger partial charge in [0.1, 0.15) is 11.3 Å². The molecule has 0 amide bonds. The summed E-state index contributed by atoms with van der Waals surface area (Å²) >= 11 is 6.06. The number of anilines is 2. The van der Waals surface area contributed by atoms with E-state index in [1.54, 1.807) is 12.3 Å². The zero-order chi connectivity index (χ0) is 16.2. The lowest BCUT2D eigenvalue weighted by Crippen LogP contribution is -2.36. The number of rotatable bonds is 6. The Bertz CT molecular complexity index is 719. The van der Waals surface area contributed by atoms with Crippen LogP contribution in [0.15, 0.2) is 24.4 Å². The van der Waals surface area contributed by atoms with Crippen LogP contribution in [-0.2, 0) is 16.1 Å². The van der Waals surface area contributed by atoms with Crippen LogP contribution in [0.25, 0.3) is 0 Å². The molecule has 2 N–H and O–H groups in total. The minimum absolute atomic E-state index is 0.0928. The van der Waals surface area contributed by atoms with Gasteiger partial charge in [-0.15, -0.1) is 0 Å². The molecule has 3 rings (SSSR count). The molecule has 1 fully saturated rings. The maximum atomic E-state index is 7.63. The van der Waals surface area contributed by atoms with E-state index >= 15 is 0 Å². The number of ether oxygens (including phenoxy) is 2. The Morgan fingerprint density at radius 1 is 1.48 bits per heavy atom. The van der Waals surface area contributed by atoms with Gasteiger partial charge in [-0.2, -0.15) is 0 Å². The molecule has 2 aromatic heterocycles. The van der Waals surface area contributed by atoms with Gasteiger partial charge < -0.3 is 20.2 Å². The van der Waals surface area contributed by atoms with Crippen molar-refractivity contribution in [3.63, 3.8) is 0 Å². The highest BCUT2D eigenvalue weighted by molar-refractivity contribution is 6.29. The van der Waals surface area contributed by atoms with Crippen molar-refractivity contribution in [1.29, 1.82) is 5.41 Å². The van der Waals surface area contributed by atoms with E-state index in [2.05, 4.69) is 15.3 Å². The third kappa shape index (κ3) is 3.85. The van der Waals surface area contributed by atoms with E-state index in [0.717, 1.165) is 17.1 Å². The van der Waals surface area contributed by atoms with E-state index in [-0.39, 0.29) is 6.10 Å². The highest BCUT2D eigenvalue weighted by atomic mass is 35.5. The van der Waals surface area contributed by atoms with Crippen LogP contribution in [-0.4, -0.2) is 35.5 Å². The largest absolute Gasteiger partial charge is 0.376 e. The third-order valence-corrected chi connectivity index (χ3v) is 3.67. The van der Waals surface area contributed by atoms with E-state index in [0.29, 0.717) is 36.2 Å². The van der Waals surface area contributed by atoms with Crippen molar-refractivity contribution in [2.75, 3.05) is 18.5 Å². The number of nitrogens with one attached hydrogen (secondary N) is 2. The Morgan fingerprint density at radius 3 is 2.96 bits per heavy atom. The average molecular weight is 333 g/mol. The van der Waals surface area contributed by atoms with Crippen LogP contribution in [0.5, 0.6) is 0 Å². The van der Waals surface area contributed by atoms with Gasteiger partial charge in [0.05, 0.1) is 31.2 Å². The monoisotopic (exact) mass is 332 g/mol. The zero-order valence-electron chi connectivity index (χ0n) is 12.7. The zero-order valence-corrected chi connectivity index (χ0v) is 13.4. The quantitative estimate of drug-likeness (QED) is 0.627. The first kappa shape index (κ1) is 15.9. The molecule has 0 saturated carbocycles. The second-order valence-corrected chi connectivity index (χ2v) is 5.67. The minimum atomic E-state index is 0.0928. The SMILES string of the molecule is Cc1cc(Nc2c(C=N)cc(Cl)nc2COC2COC2)ccn1. The minimum Gasteiger partial charge on any atom is -0.376 e. The summed E-state index contributed by atoms with van der Waals surface area (Å²) in [6.45, 7) is 3.43. The number of pyridine rings is 2. The summed E-state index contributed by atoms with van der Waals surface area (Å²) < 4.78 is 10.8. The van der Waals surface area contributed by atoms with Crippen LogP contribution in [0.1, 0.15) is 17.0 Å². The first-order valence-electron chi connectivity index (χ1n) is 7.24. The van der Waals surface area contributed by atoms with Gasteiger partial charge in [0, 0.05) is 29.4 Å². The maximum Gasteiger partial charge on any atom is 0.130 e. The molecule has 0 radical (unpaired) electrons. The number of nitrogens with zero attached hydrogens (tertiary/aromatic N) is 2. The van der Waals surface area contributed by atoms with Gasteiger partial charge in [0.25, 0.3) is 0 Å². The van der Waals surface area contributed by atoms with Crippen molar-refractivity contribution in [2.24, 2.45) is 0 Å². The van der Waals surface area contributed by atoms with Crippen LogP contribution in [0.4, 0.5) is 11.4 Å². The average Bonchev–Trinajstić information content (AvgIpc) is 2.48. The van der Waals surface area contributed by atoms with Crippen molar-refractivity contribution in [3.05, 3.63) is 46.5 Å². The molecule has 1 aliphatic rings. The molecular formula is C16H17ClN4O2. The van der Waals surface area contributed by atoms with Gasteiger partial charge in [0.15, 0.2) is 0 Å². The van der Waals surface area contributed by atoms with Gasteiger partial charge in [0.2, 0.25) is 0 Å². The summed E-state index contributed by atoms with van der Waals surface area (Å²) in [6, 6.07) is 5.44. The van der Waals surface area contributed by atoms with Crippen LogP contribution in [0, 0.1) is 12.3 Å². The van der Waals surface area contributed by atoms with Gasteiger partial charge in [-0.25, -0.2) is 4.98 Å². The smallest absolute Gasteiger partial charge is 0.130 e. The lowest BCUT2D eigenvalue weighted by atomic mass is 10.1. The predicted octanol–water partition coefficient (Wildman–Crippen LogP) is 3.10. The van der Waals surface area contributed by atoms with Crippen molar-refractivity contribution in [1.82, 2.24) is 9.97 Å². The second kappa shape index (κ2) is 7.04. The molecule has 0 spiro atoms. The molecule has 2 aromatic rings. The summed E-state index contributed by atoms with van der Waals surface area (Å²) in [7, 11) is 0. The van der Waals surface area contributed by atoms with Crippen LogP contribution in [0.2, 0.25) is 5.15 Å². The van der Waals surface area contributed by atoms with E-state index in [4.69, 9.17) is 26.5 Å². The molecule has 3 heterocycles. The Balaban J connectivity index is 1.89. The van der Waals surface area contributed by atoms with E-state index in [9.17, 15) is 0 Å². The summed E-state index contributed by atoms with van der Waals surface area (Å²) in [4.78, 5) is 8.53. The van der Waals surface area contributed by atoms with Gasteiger partial charge in [-0.05, 0) is 25.1 Å². The first-order valence-corrected chi connectivity index (χ1v) is 7.62. The lowest BCUT2D eigenvalue weighted by Gasteiger charge is -2.26. The third-order valence-electron chi connectivity index (χ3n) is 3.48. The molecule has 1 aliphatic heterocycles. The number of hydrogen-bond donors (Lipinski definition) is 2. The summed E-state index contributed by atoms with van der Waals surface area (Å²) in [5.74, 6) is 0. The highest BCUT2D eigenvalue weighted by Crippen LogP contribution is 2.27. The Labute approximate surface area is 139 Å². The highest BCUT2D eigenvalue weighted by Gasteiger charge is 2.20. The lowest BCUT2D eigenvalue weighted by molar-refractivity contribution is -0.135. The molecular weight excluding hydrogens is 316 g/mol. The summed E-state index contributed by atoms with van der Waals surface area (Å²) in [5, 5.41) is 11.3. The molecule has 0 aromatic carbocycles. The van der Waals surface area contributed by atoms with Gasteiger partial charge >= 0.3 is 0 Å². The molecule has 0 unspecified atom stereocenters. The summed E-state index contributed by atoms with van der Waals surface area (Å²) in [5.41, 5.74) is 3.81. The molecule has 23 heavy (non-hydrogen) atoms. The molecule has 0 aliphatic carbocycles.